The largest absolute Gasteiger partial charge is 0.534 e. The van der Waals surface area contributed by atoms with Gasteiger partial charge in [-0.2, -0.15) is 21.6 Å². The van der Waals surface area contributed by atoms with Gasteiger partial charge in [0.1, 0.15) is 24.6 Å². The summed E-state index contributed by atoms with van der Waals surface area (Å²) in [5.41, 5.74) is -6.96. The van der Waals surface area contributed by atoms with Crippen molar-refractivity contribution >= 4 is 27.1 Å². The topological polar surface area (TPSA) is 140 Å². The summed E-state index contributed by atoms with van der Waals surface area (Å²) >= 11 is 0. The van der Waals surface area contributed by atoms with Gasteiger partial charge in [-0.3, -0.25) is 14.7 Å². The number of pyridine rings is 2. The van der Waals surface area contributed by atoms with Crippen LogP contribution < -0.4 is 19.2 Å². The van der Waals surface area contributed by atoms with E-state index in [4.69, 9.17) is 14.2 Å². The molecule has 0 unspecified atom stereocenters. The molecule has 0 bridgehead atoms. The van der Waals surface area contributed by atoms with Gasteiger partial charge in [0.05, 0.1) is 24.0 Å². The second-order valence-corrected chi connectivity index (χ2v) is 13.8. The quantitative estimate of drug-likeness (QED) is 0.205. The zero-order chi connectivity index (χ0) is 34.1. The number of hydrogen-bond acceptors (Lipinski definition) is 10. The molecule has 256 valence electrons. The van der Waals surface area contributed by atoms with Crippen molar-refractivity contribution in [1.82, 2.24) is 19.8 Å². The van der Waals surface area contributed by atoms with E-state index in [2.05, 4.69) is 14.2 Å². The van der Waals surface area contributed by atoms with Gasteiger partial charge >= 0.3 is 21.7 Å². The second kappa shape index (κ2) is 13.2. The molecule has 1 N–H and O–H groups in total. The average Bonchev–Trinajstić information content (AvgIpc) is 2.97. The van der Waals surface area contributed by atoms with Crippen molar-refractivity contribution in [3.8, 4) is 17.2 Å². The third-order valence-electron chi connectivity index (χ3n) is 7.60. The van der Waals surface area contributed by atoms with Crippen molar-refractivity contribution in [3.63, 3.8) is 0 Å². The number of aromatic nitrogens is 2. The van der Waals surface area contributed by atoms with Gasteiger partial charge in [-0.25, -0.2) is 9.18 Å². The lowest BCUT2D eigenvalue weighted by Crippen LogP contribution is -2.48. The van der Waals surface area contributed by atoms with Crippen molar-refractivity contribution in [2.75, 3.05) is 32.8 Å². The number of alkyl halides is 3. The van der Waals surface area contributed by atoms with Crippen molar-refractivity contribution in [1.29, 1.82) is 0 Å². The third kappa shape index (κ3) is 8.25. The van der Waals surface area contributed by atoms with E-state index in [1.165, 1.54) is 6.07 Å². The number of benzene rings is 1. The molecule has 1 amide bonds. The van der Waals surface area contributed by atoms with Gasteiger partial charge in [0.25, 0.3) is 5.56 Å². The van der Waals surface area contributed by atoms with Crippen LogP contribution >= 0.6 is 0 Å². The molecular weight excluding hydrogens is 652 g/mol. The number of fused-ring (bicyclic) bond motifs is 2. The SMILES string of the molecule is CC(C)(C)OC(=O)N(Cc1cc2c(cn1)OCCO2)C1CCN(CCc2cc3c(OS(=O)(=O)C(F)(F)F)cc(=O)[nH]c3cc2F)CC1. The Kier molecular flexibility index (Phi) is 9.59. The molecule has 2 aromatic heterocycles. The Hall–Kier alpha value is -4.12. The van der Waals surface area contributed by atoms with E-state index in [1.54, 1.807) is 37.9 Å². The average molecular weight is 687 g/mol. The molecule has 0 saturated carbocycles. The molecule has 47 heavy (non-hydrogen) atoms. The van der Waals surface area contributed by atoms with Gasteiger partial charge in [0.2, 0.25) is 0 Å². The molecule has 0 atom stereocenters. The van der Waals surface area contributed by atoms with Gasteiger partial charge in [-0.05, 0) is 57.7 Å². The number of H-pyrrole nitrogens is 1. The van der Waals surface area contributed by atoms with Crippen molar-refractivity contribution in [2.24, 2.45) is 0 Å². The molecule has 12 nitrogen and oxygen atoms in total. The predicted molar refractivity (Wildman–Crippen MR) is 160 cm³/mol. The highest BCUT2D eigenvalue weighted by Gasteiger charge is 2.49. The molecule has 0 aliphatic carbocycles. The lowest BCUT2D eigenvalue weighted by atomic mass is 10.0. The molecule has 4 heterocycles. The Morgan fingerprint density at radius 1 is 1.09 bits per heavy atom. The Morgan fingerprint density at radius 3 is 2.43 bits per heavy atom. The maximum Gasteiger partial charge on any atom is 0.534 e. The van der Waals surface area contributed by atoms with Crippen molar-refractivity contribution in [3.05, 3.63) is 57.9 Å². The molecular formula is C30H34F4N4O8S. The number of nitrogens with one attached hydrogen (secondary N) is 1. The highest BCUT2D eigenvalue weighted by molar-refractivity contribution is 7.88. The number of carbonyl (C=O) groups excluding carboxylic acids is 1. The zero-order valence-corrected chi connectivity index (χ0v) is 26.7. The smallest absolute Gasteiger partial charge is 0.486 e. The van der Waals surface area contributed by atoms with E-state index in [0.29, 0.717) is 68.9 Å². The molecule has 2 aliphatic rings. The Labute approximate surface area is 267 Å². The highest BCUT2D eigenvalue weighted by atomic mass is 32.2. The van der Waals surface area contributed by atoms with Gasteiger partial charge < -0.3 is 28.3 Å². The maximum absolute atomic E-state index is 15.0. The van der Waals surface area contributed by atoms with E-state index in [1.807, 2.05) is 4.90 Å². The molecule has 1 aromatic carbocycles. The summed E-state index contributed by atoms with van der Waals surface area (Å²) in [6, 6.07) is 4.19. The molecule has 17 heteroatoms. The number of likely N-dealkylation sites (tertiary alicyclic amines) is 1. The lowest BCUT2D eigenvalue weighted by molar-refractivity contribution is -0.0499. The van der Waals surface area contributed by atoms with E-state index in [0.717, 1.165) is 6.07 Å². The van der Waals surface area contributed by atoms with Crippen LogP contribution in [0.5, 0.6) is 17.2 Å². The summed E-state index contributed by atoms with van der Waals surface area (Å²) < 4.78 is 98.2. The number of aromatic amines is 1. The van der Waals surface area contributed by atoms with Gasteiger partial charge in [0, 0.05) is 43.2 Å². The fraction of sp³-hybridized carbons (Fsp3) is 0.500. The fourth-order valence-corrected chi connectivity index (χ4v) is 5.83. The number of piperidine rings is 1. The van der Waals surface area contributed by atoms with Crippen LogP contribution in [0.1, 0.15) is 44.9 Å². The molecule has 2 aliphatic heterocycles. The standard InChI is InChI=1S/C30H34F4N4O8S/c1-29(2,3)45-28(40)38(17-19-13-25-26(16-35-19)44-11-10-43-25)20-5-8-37(9-6-20)7-4-18-12-21-23(14-22(18)31)36-27(39)15-24(21)46-47(41,42)30(32,33)34/h12-16,20H,4-11,17H2,1-3H3,(H,36,39). The minimum atomic E-state index is -6.07. The molecule has 0 spiro atoms. The number of carbonyl (C=O) groups is 1. The number of halogens is 4. The first-order valence-electron chi connectivity index (χ1n) is 14.8. The van der Waals surface area contributed by atoms with E-state index >= 15 is 4.39 Å². The van der Waals surface area contributed by atoms with Gasteiger partial charge in [0.15, 0.2) is 17.2 Å². The summed E-state index contributed by atoms with van der Waals surface area (Å²) in [5, 5.41) is -0.201. The Morgan fingerprint density at radius 2 is 1.77 bits per heavy atom. The van der Waals surface area contributed by atoms with E-state index < -0.39 is 44.4 Å². The minimum absolute atomic E-state index is 0.0843. The molecule has 1 saturated heterocycles. The van der Waals surface area contributed by atoms with Gasteiger partial charge in [-0.15, -0.1) is 0 Å². The van der Waals surface area contributed by atoms with E-state index in [-0.39, 0.29) is 35.5 Å². The summed E-state index contributed by atoms with van der Waals surface area (Å²) in [4.78, 5) is 35.6. The normalized spacial score (nSPS) is 16.2. The number of hydrogen-bond donors (Lipinski definition) is 1. The summed E-state index contributed by atoms with van der Waals surface area (Å²) in [6.45, 7) is 7.78. The van der Waals surface area contributed by atoms with Gasteiger partial charge in [-0.1, -0.05) is 0 Å². The molecule has 3 aromatic rings. The summed E-state index contributed by atoms with van der Waals surface area (Å²) in [5.74, 6) is -0.517. The first-order chi connectivity index (χ1) is 22.0. The molecule has 1 fully saturated rings. The maximum atomic E-state index is 15.0. The summed E-state index contributed by atoms with van der Waals surface area (Å²) in [7, 11) is -6.07. The van der Waals surface area contributed by atoms with Crippen LogP contribution in [0.3, 0.4) is 0 Å². The fourth-order valence-electron chi connectivity index (χ4n) is 5.36. The lowest BCUT2D eigenvalue weighted by Gasteiger charge is -2.39. The van der Waals surface area contributed by atoms with Crippen LogP contribution in [-0.2, 0) is 27.8 Å². The summed E-state index contributed by atoms with van der Waals surface area (Å²) in [6.07, 6.45) is 2.33. The van der Waals surface area contributed by atoms with Crippen LogP contribution in [-0.4, -0.2) is 84.3 Å². The van der Waals surface area contributed by atoms with Crippen LogP contribution in [0.15, 0.2) is 35.3 Å². The highest BCUT2D eigenvalue weighted by Crippen LogP contribution is 2.33. The van der Waals surface area contributed by atoms with Crippen LogP contribution in [0, 0.1) is 5.82 Å². The van der Waals surface area contributed by atoms with Crippen molar-refractivity contribution < 1.29 is 49.2 Å². The minimum Gasteiger partial charge on any atom is -0.486 e. The van der Waals surface area contributed by atoms with Crippen LogP contribution in [0.4, 0.5) is 22.4 Å². The Bertz CT molecular complexity index is 1800. The third-order valence-corrected chi connectivity index (χ3v) is 8.56. The number of rotatable bonds is 8. The van der Waals surface area contributed by atoms with Crippen molar-refractivity contribution in [2.45, 2.75) is 63.7 Å². The van der Waals surface area contributed by atoms with E-state index in [9.17, 15) is 31.2 Å². The first-order valence-corrected chi connectivity index (χ1v) is 16.2. The zero-order valence-electron chi connectivity index (χ0n) is 25.9. The van der Waals surface area contributed by atoms with Crippen LogP contribution in [0.2, 0.25) is 0 Å². The molecule has 0 radical (unpaired) electrons. The monoisotopic (exact) mass is 686 g/mol. The predicted octanol–water partition coefficient (Wildman–Crippen LogP) is 4.51. The Balaban J connectivity index is 1.27. The van der Waals surface area contributed by atoms with Crippen LogP contribution in [0.25, 0.3) is 10.9 Å². The first kappa shape index (κ1) is 34.2. The number of nitrogens with zero attached hydrogens (tertiary/aromatic N) is 3. The molecule has 5 rings (SSSR count). The number of amides is 1. The number of ether oxygens (including phenoxy) is 3. The second-order valence-electron chi connectivity index (χ2n) is 12.2.